The molecule has 0 aromatic heterocycles. The third-order valence-electron chi connectivity index (χ3n) is 2.49. The van der Waals surface area contributed by atoms with E-state index in [0.29, 0.717) is 22.0 Å². The molecular formula is C13H10Cl2N2O2. The maximum absolute atomic E-state index is 12.0. The number of hydrogen-bond acceptors (Lipinski definition) is 3. The van der Waals surface area contributed by atoms with Crippen LogP contribution in [0, 0.1) is 0 Å². The number of hydrogen-bond donors (Lipinski definition) is 3. The Morgan fingerprint density at radius 3 is 2.53 bits per heavy atom. The van der Waals surface area contributed by atoms with Gasteiger partial charge in [0.25, 0.3) is 5.91 Å². The smallest absolute Gasteiger partial charge is 0.255 e. The Morgan fingerprint density at radius 1 is 1.16 bits per heavy atom. The van der Waals surface area contributed by atoms with Gasteiger partial charge in [0.15, 0.2) is 0 Å². The van der Waals surface area contributed by atoms with Gasteiger partial charge in [-0.05, 0) is 30.3 Å². The molecule has 19 heavy (non-hydrogen) atoms. The molecule has 2 aromatic rings. The second-order valence-electron chi connectivity index (χ2n) is 3.82. The second-order valence-corrected chi connectivity index (χ2v) is 4.64. The number of benzene rings is 2. The molecule has 1 amide bonds. The molecule has 0 aliphatic rings. The van der Waals surface area contributed by atoms with E-state index in [0.717, 1.165) is 0 Å². The van der Waals surface area contributed by atoms with E-state index in [4.69, 9.17) is 28.9 Å². The van der Waals surface area contributed by atoms with Gasteiger partial charge in [0.2, 0.25) is 0 Å². The van der Waals surface area contributed by atoms with Crippen LogP contribution < -0.4 is 11.1 Å². The van der Waals surface area contributed by atoms with Crippen LogP contribution in [0.4, 0.5) is 11.4 Å². The van der Waals surface area contributed by atoms with Gasteiger partial charge in [-0.3, -0.25) is 4.79 Å². The summed E-state index contributed by atoms with van der Waals surface area (Å²) in [6, 6.07) is 9.09. The number of nitrogens with one attached hydrogen (secondary N) is 1. The summed E-state index contributed by atoms with van der Waals surface area (Å²) in [5.41, 5.74) is 6.74. The summed E-state index contributed by atoms with van der Waals surface area (Å²) in [7, 11) is 0. The molecule has 0 heterocycles. The number of carbonyl (C=O) groups excluding carboxylic acids is 1. The highest BCUT2D eigenvalue weighted by Crippen LogP contribution is 2.29. The maximum atomic E-state index is 12.0. The lowest BCUT2D eigenvalue weighted by Crippen LogP contribution is -2.13. The van der Waals surface area contributed by atoms with E-state index in [9.17, 15) is 9.90 Å². The number of phenols is 1. The Balaban J connectivity index is 2.28. The van der Waals surface area contributed by atoms with Crippen molar-refractivity contribution in [3.05, 3.63) is 52.0 Å². The number of nitrogens with two attached hydrogens (primary N) is 1. The van der Waals surface area contributed by atoms with E-state index in [1.165, 1.54) is 18.2 Å². The molecule has 0 aliphatic heterocycles. The first-order valence-electron chi connectivity index (χ1n) is 5.33. The van der Waals surface area contributed by atoms with Gasteiger partial charge in [-0.25, -0.2) is 0 Å². The van der Waals surface area contributed by atoms with Crippen molar-refractivity contribution in [1.82, 2.24) is 0 Å². The number of nitrogen functional groups attached to an aromatic ring is 1. The predicted octanol–water partition coefficient (Wildman–Crippen LogP) is 3.53. The first-order chi connectivity index (χ1) is 8.99. The molecule has 0 saturated heterocycles. The van der Waals surface area contributed by atoms with Crippen LogP contribution in [0.2, 0.25) is 10.0 Å². The van der Waals surface area contributed by atoms with Gasteiger partial charge in [-0.15, -0.1) is 0 Å². The average Bonchev–Trinajstić information content (AvgIpc) is 2.37. The summed E-state index contributed by atoms with van der Waals surface area (Å²) in [6.07, 6.45) is 0. The van der Waals surface area contributed by atoms with Crippen LogP contribution in [0.1, 0.15) is 10.4 Å². The topological polar surface area (TPSA) is 75.3 Å². The monoisotopic (exact) mass is 296 g/mol. The van der Waals surface area contributed by atoms with E-state index in [1.54, 1.807) is 18.2 Å². The summed E-state index contributed by atoms with van der Waals surface area (Å²) in [5, 5.41) is 12.3. The van der Waals surface area contributed by atoms with Gasteiger partial charge < -0.3 is 16.2 Å². The van der Waals surface area contributed by atoms with Gasteiger partial charge in [0.05, 0.1) is 21.4 Å². The van der Waals surface area contributed by atoms with Crippen molar-refractivity contribution in [3.63, 3.8) is 0 Å². The third-order valence-corrected chi connectivity index (χ3v) is 3.11. The number of amides is 1. The lowest BCUT2D eigenvalue weighted by molar-refractivity contribution is 0.102. The van der Waals surface area contributed by atoms with Crippen LogP contribution in [-0.4, -0.2) is 11.0 Å². The van der Waals surface area contributed by atoms with Gasteiger partial charge in [-0.1, -0.05) is 29.3 Å². The van der Waals surface area contributed by atoms with Crippen molar-refractivity contribution >= 4 is 40.5 Å². The first kappa shape index (κ1) is 13.5. The molecule has 4 N–H and O–H groups in total. The van der Waals surface area contributed by atoms with Crippen LogP contribution in [0.25, 0.3) is 0 Å². The van der Waals surface area contributed by atoms with Crippen molar-refractivity contribution in [2.45, 2.75) is 0 Å². The maximum Gasteiger partial charge on any atom is 0.255 e. The number of halogens is 2. The third kappa shape index (κ3) is 2.92. The van der Waals surface area contributed by atoms with Crippen LogP contribution >= 0.6 is 23.2 Å². The summed E-state index contributed by atoms with van der Waals surface area (Å²) < 4.78 is 0. The molecule has 0 spiro atoms. The number of para-hydroxylation sites is 1. The summed E-state index contributed by atoms with van der Waals surface area (Å²) in [4.78, 5) is 12.0. The Hall–Kier alpha value is -1.91. The summed E-state index contributed by atoms with van der Waals surface area (Å²) >= 11 is 11.7. The molecule has 0 unspecified atom stereocenters. The van der Waals surface area contributed by atoms with Gasteiger partial charge in [-0.2, -0.15) is 0 Å². The number of phenolic OH excluding ortho intramolecular Hbond substituents is 1. The normalized spacial score (nSPS) is 10.2. The predicted molar refractivity (Wildman–Crippen MR) is 76.9 cm³/mol. The molecule has 0 aliphatic carbocycles. The van der Waals surface area contributed by atoms with Gasteiger partial charge >= 0.3 is 0 Å². The Bertz CT molecular complexity index is 624. The molecule has 0 fully saturated rings. The fourth-order valence-corrected chi connectivity index (χ4v) is 1.92. The molecule has 0 radical (unpaired) electrons. The van der Waals surface area contributed by atoms with Crippen molar-refractivity contribution in [3.8, 4) is 5.75 Å². The standard InChI is InChI=1S/C13H10Cl2N2O2/c14-8-2-1-3-10(16)12(8)17-13(19)7-4-5-11(18)9(15)6-7/h1-6,18H,16H2,(H,17,19). The van der Waals surface area contributed by atoms with E-state index in [-0.39, 0.29) is 10.8 Å². The minimum absolute atomic E-state index is 0.0875. The fraction of sp³-hybridized carbons (Fsp3) is 0. The van der Waals surface area contributed by atoms with Crippen LogP contribution in [0.15, 0.2) is 36.4 Å². The molecule has 4 nitrogen and oxygen atoms in total. The number of anilines is 2. The summed E-state index contributed by atoms with van der Waals surface area (Å²) in [6.45, 7) is 0. The lowest BCUT2D eigenvalue weighted by Gasteiger charge is -2.10. The summed E-state index contributed by atoms with van der Waals surface area (Å²) in [5.74, 6) is -0.503. The molecule has 0 saturated carbocycles. The number of carbonyl (C=O) groups is 1. The zero-order chi connectivity index (χ0) is 14.0. The van der Waals surface area contributed by atoms with Gasteiger partial charge in [0.1, 0.15) is 5.75 Å². The second kappa shape index (κ2) is 5.38. The highest BCUT2D eigenvalue weighted by Gasteiger charge is 2.12. The quantitative estimate of drug-likeness (QED) is 0.742. The Morgan fingerprint density at radius 2 is 1.89 bits per heavy atom. The van der Waals surface area contributed by atoms with Crippen LogP contribution in [-0.2, 0) is 0 Å². The Labute approximate surface area is 119 Å². The van der Waals surface area contributed by atoms with Crippen molar-refractivity contribution in [2.24, 2.45) is 0 Å². The van der Waals surface area contributed by atoms with Crippen molar-refractivity contribution in [1.29, 1.82) is 0 Å². The SMILES string of the molecule is Nc1cccc(Cl)c1NC(=O)c1ccc(O)c(Cl)c1. The minimum Gasteiger partial charge on any atom is -0.506 e. The lowest BCUT2D eigenvalue weighted by atomic mass is 10.2. The molecule has 0 atom stereocenters. The largest absolute Gasteiger partial charge is 0.506 e. The minimum atomic E-state index is -0.415. The molecule has 2 aromatic carbocycles. The highest BCUT2D eigenvalue weighted by atomic mass is 35.5. The van der Waals surface area contributed by atoms with Crippen LogP contribution in [0.5, 0.6) is 5.75 Å². The van der Waals surface area contributed by atoms with Crippen molar-refractivity contribution < 1.29 is 9.90 Å². The van der Waals surface area contributed by atoms with E-state index >= 15 is 0 Å². The first-order valence-corrected chi connectivity index (χ1v) is 6.08. The van der Waals surface area contributed by atoms with E-state index in [1.807, 2.05) is 0 Å². The molecule has 6 heteroatoms. The van der Waals surface area contributed by atoms with E-state index < -0.39 is 5.91 Å². The average molecular weight is 297 g/mol. The zero-order valence-corrected chi connectivity index (χ0v) is 11.2. The van der Waals surface area contributed by atoms with E-state index in [2.05, 4.69) is 5.32 Å². The van der Waals surface area contributed by atoms with Crippen LogP contribution in [0.3, 0.4) is 0 Å². The molecule has 98 valence electrons. The van der Waals surface area contributed by atoms with Crippen molar-refractivity contribution in [2.75, 3.05) is 11.1 Å². The molecule has 0 bridgehead atoms. The fourth-order valence-electron chi connectivity index (χ4n) is 1.51. The highest BCUT2D eigenvalue weighted by molar-refractivity contribution is 6.35. The zero-order valence-electron chi connectivity index (χ0n) is 9.65. The Kier molecular flexibility index (Phi) is 3.83. The number of aromatic hydroxyl groups is 1. The number of rotatable bonds is 2. The van der Waals surface area contributed by atoms with Gasteiger partial charge in [0, 0.05) is 5.56 Å². The molecular weight excluding hydrogens is 287 g/mol. The molecule has 2 rings (SSSR count).